The molecular formula is C43H67N7O11. The van der Waals surface area contributed by atoms with E-state index in [1.54, 1.807) is 36.4 Å². The number of cyclic esters (lactones) is 1. The second-order valence-corrected chi connectivity index (χ2v) is 17.8. The number of nitrogens with two attached hydrogens (primary N) is 1. The molecule has 18 nitrogen and oxygen atoms in total. The number of ketones is 1. The second kappa shape index (κ2) is 20.3. The molecule has 18 heteroatoms. The van der Waals surface area contributed by atoms with Gasteiger partial charge in [-0.3, -0.25) is 24.0 Å². The van der Waals surface area contributed by atoms with Gasteiger partial charge in [0.15, 0.2) is 11.9 Å². The van der Waals surface area contributed by atoms with Crippen LogP contribution in [0.3, 0.4) is 0 Å². The first kappa shape index (κ1) is 47.8. The van der Waals surface area contributed by atoms with E-state index in [0.717, 1.165) is 5.56 Å². The van der Waals surface area contributed by atoms with Gasteiger partial charge in [0, 0.05) is 50.0 Å². The maximum absolute atomic E-state index is 14.3. The molecule has 2 unspecified atom stereocenters. The lowest BCUT2D eigenvalue weighted by atomic mass is 9.83. The molecule has 2 aromatic rings. The number of nitrogen functional groups attached to an aromatic ring is 1. The number of amides is 1. The summed E-state index contributed by atoms with van der Waals surface area (Å²) in [4.78, 5) is 58.1. The number of anilines is 1. The zero-order valence-corrected chi connectivity index (χ0v) is 37.1. The highest BCUT2D eigenvalue weighted by atomic mass is 16.7. The first-order valence-electron chi connectivity index (χ1n) is 21.4. The lowest BCUT2D eigenvalue weighted by molar-refractivity contribution is -0.289. The van der Waals surface area contributed by atoms with Gasteiger partial charge in [-0.2, -0.15) is 0 Å². The summed E-state index contributed by atoms with van der Waals surface area (Å²) in [6, 6.07) is 6.09. The lowest BCUT2D eigenvalue weighted by Gasteiger charge is -2.45. The van der Waals surface area contributed by atoms with Crippen LogP contribution in [0.4, 0.5) is 10.5 Å². The van der Waals surface area contributed by atoms with Crippen molar-refractivity contribution < 1.29 is 53.1 Å². The Kier molecular flexibility index (Phi) is 15.9. The number of carboxylic acid groups (broad SMARTS) is 1. The number of hydrogen-bond acceptors (Lipinski definition) is 15. The minimum absolute atomic E-state index is 0.100. The highest BCUT2D eigenvalue weighted by Gasteiger charge is 2.58. The molecule has 1 aromatic carbocycles. The number of esters is 1. The highest BCUT2D eigenvalue weighted by Crippen LogP contribution is 2.40. The normalized spacial score (nSPS) is 34.3. The molecule has 1 amide bonds. The Labute approximate surface area is 358 Å². The van der Waals surface area contributed by atoms with Gasteiger partial charge in [0.25, 0.3) is 0 Å². The van der Waals surface area contributed by atoms with Crippen LogP contribution in [0.2, 0.25) is 0 Å². The number of carbonyl (C=O) groups is 4. The maximum atomic E-state index is 14.3. The molecule has 0 radical (unpaired) electrons. The van der Waals surface area contributed by atoms with Gasteiger partial charge in [-0.1, -0.05) is 31.2 Å². The topological polar surface area (TPSA) is 230 Å². The Morgan fingerprint density at radius 2 is 1.85 bits per heavy atom. The zero-order chi connectivity index (χ0) is 44.8. The Morgan fingerprint density at radius 3 is 2.51 bits per heavy atom. The molecule has 0 bridgehead atoms. The van der Waals surface area contributed by atoms with Gasteiger partial charge in [0.1, 0.15) is 29.6 Å². The van der Waals surface area contributed by atoms with E-state index in [4.69, 9.17) is 29.4 Å². The van der Waals surface area contributed by atoms with E-state index in [2.05, 4.69) is 15.6 Å². The summed E-state index contributed by atoms with van der Waals surface area (Å²) in [5.74, 6) is -4.96. The molecule has 3 aliphatic rings. The van der Waals surface area contributed by atoms with Gasteiger partial charge in [-0.15, -0.1) is 5.10 Å². The molecule has 3 aliphatic heterocycles. The fourth-order valence-corrected chi connectivity index (χ4v) is 9.27. The van der Waals surface area contributed by atoms with Gasteiger partial charge >= 0.3 is 18.0 Å². The van der Waals surface area contributed by atoms with E-state index >= 15 is 0 Å². The summed E-state index contributed by atoms with van der Waals surface area (Å²) in [6.45, 7) is 12.5. The van der Waals surface area contributed by atoms with Crippen LogP contribution in [0.25, 0.3) is 11.3 Å². The molecule has 0 saturated carbocycles. The van der Waals surface area contributed by atoms with Crippen LogP contribution >= 0.6 is 0 Å². The molecule has 0 spiro atoms. The van der Waals surface area contributed by atoms with Crippen LogP contribution in [-0.2, 0) is 44.6 Å². The minimum atomic E-state index is -1.71. The molecule has 12 atom stereocenters. The molecular weight excluding hydrogens is 791 g/mol. The molecule has 3 saturated heterocycles. The van der Waals surface area contributed by atoms with Crippen molar-refractivity contribution in [3.8, 4) is 11.3 Å². The number of hydrogen-bond donors (Lipinski definition) is 4. The number of aliphatic carboxylic acids is 1. The summed E-state index contributed by atoms with van der Waals surface area (Å²) in [7, 11) is 5.21. The minimum Gasteiger partial charge on any atom is -0.481 e. The van der Waals surface area contributed by atoms with Gasteiger partial charge in [0.2, 0.25) is 0 Å². The largest absolute Gasteiger partial charge is 0.481 e. The van der Waals surface area contributed by atoms with Crippen molar-refractivity contribution in [2.75, 3.05) is 40.0 Å². The SMILES string of the molecule is CC[C@H]1OC(=O)[C@H](CC(=O)O)C(=O)C[C@@H](O[C@@H]2O[C@H](C)CC(N(C)C)C2O)[C@](C)(OC)C[C@@H](C)CN[C@H](C)[C@H]2N(CCCCn3cc(-c4cccc(N)c4)nn3)C(=O)O[C@]12C. The Morgan fingerprint density at radius 1 is 1.13 bits per heavy atom. The van der Waals surface area contributed by atoms with Crippen molar-refractivity contribution in [2.45, 2.75) is 153 Å². The standard InChI is InChI=1S/C43H67N7O11/c1-10-34-43(6)38(50(41(56)61-43)17-12-11-16-49-24-31(46-47-49)28-14-13-15-29(44)19-28)27(4)45-23-25(2)22-42(5,57-9)35(21-33(51)30(20-36(52)53)39(55)59-34)60-40-37(54)32(48(7)8)18-26(3)58-40/h13-15,19,24-27,30,32,34-35,37-38,40,45,54H,10-12,16-18,20-23,44H2,1-9H3,(H,52,53)/t25-,26-,27-,30-,32?,34-,35-,37?,38-,40+,42-,43-/m1/s1. The number of aliphatic hydroxyl groups excluding tert-OH is 1. The van der Waals surface area contributed by atoms with E-state index in [-0.39, 0.29) is 30.5 Å². The van der Waals surface area contributed by atoms with Crippen molar-refractivity contribution in [3.05, 3.63) is 30.5 Å². The quantitative estimate of drug-likeness (QED) is 0.0978. The Bertz CT molecular complexity index is 1830. The number of methoxy groups -OCH3 is 1. The van der Waals surface area contributed by atoms with E-state index in [9.17, 15) is 29.4 Å². The van der Waals surface area contributed by atoms with Crippen LogP contribution in [0.5, 0.6) is 0 Å². The third-order valence-corrected chi connectivity index (χ3v) is 12.7. The summed E-state index contributed by atoms with van der Waals surface area (Å²) < 4.78 is 32.7. The molecule has 61 heavy (non-hydrogen) atoms. The molecule has 4 heterocycles. The molecule has 5 N–H and O–H groups in total. The number of unbranched alkanes of at least 4 members (excludes halogenated alkanes) is 1. The number of nitrogens with one attached hydrogen (secondary N) is 1. The van der Waals surface area contributed by atoms with E-state index in [1.165, 1.54) is 7.11 Å². The van der Waals surface area contributed by atoms with E-state index < -0.39 is 84.4 Å². The average Bonchev–Trinajstić information content (AvgIpc) is 3.78. The number of rotatable bonds is 13. The predicted octanol–water partition coefficient (Wildman–Crippen LogP) is 3.49. The number of nitrogens with zero attached hydrogens (tertiary/aromatic N) is 5. The van der Waals surface area contributed by atoms with Crippen molar-refractivity contribution >= 4 is 29.5 Å². The number of likely N-dealkylation sites (N-methyl/N-ethyl adjacent to an activating group) is 1. The van der Waals surface area contributed by atoms with Crippen molar-refractivity contribution in [1.82, 2.24) is 30.1 Å². The van der Waals surface area contributed by atoms with Crippen LogP contribution in [-0.4, -0.2) is 153 Å². The van der Waals surface area contributed by atoms with Gasteiger partial charge in [-0.25, -0.2) is 4.79 Å². The highest BCUT2D eigenvalue weighted by molar-refractivity contribution is 6.01. The number of carbonyl (C=O) groups excluding carboxylic acids is 3. The smallest absolute Gasteiger partial charge is 0.410 e. The fraction of sp³-hybridized carbons (Fsp3) is 0.721. The second-order valence-electron chi connectivity index (χ2n) is 17.8. The molecule has 1 aromatic heterocycles. The summed E-state index contributed by atoms with van der Waals surface area (Å²) in [5.41, 5.74) is 5.58. The maximum Gasteiger partial charge on any atom is 0.410 e. The fourth-order valence-electron chi connectivity index (χ4n) is 9.27. The summed E-state index contributed by atoms with van der Waals surface area (Å²) in [5, 5.41) is 33.5. The van der Waals surface area contributed by atoms with Crippen LogP contribution in [0.15, 0.2) is 30.5 Å². The summed E-state index contributed by atoms with van der Waals surface area (Å²) >= 11 is 0. The average molecular weight is 858 g/mol. The van der Waals surface area contributed by atoms with Gasteiger partial charge in [0.05, 0.1) is 36.5 Å². The molecule has 3 fully saturated rings. The number of aryl methyl sites for hydroxylation is 1. The van der Waals surface area contributed by atoms with Crippen molar-refractivity contribution in [1.29, 1.82) is 0 Å². The Hall–Kier alpha value is -4.20. The lowest BCUT2D eigenvalue weighted by Crippen LogP contribution is -2.61. The molecule has 340 valence electrons. The zero-order valence-electron chi connectivity index (χ0n) is 37.1. The van der Waals surface area contributed by atoms with Crippen LogP contribution < -0.4 is 11.1 Å². The monoisotopic (exact) mass is 857 g/mol. The van der Waals surface area contributed by atoms with Crippen molar-refractivity contribution in [2.24, 2.45) is 11.8 Å². The first-order chi connectivity index (χ1) is 28.8. The number of aliphatic hydroxyl groups is 1. The number of Topliss-reactive ketones (excluding diaryl/α,β-unsaturated/α-hetero) is 1. The van der Waals surface area contributed by atoms with E-state index in [1.807, 2.05) is 64.2 Å². The van der Waals surface area contributed by atoms with Crippen LogP contribution in [0.1, 0.15) is 86.5 Å². The van der Waals surface area contributed by atoms with Crippen LogP contribution in [0, 0.1) is 11.8 Å². The van der Waals surface area contributed by atoms with Crippen molar-refractivity contribution in [3.63, 3.8) is 0 Å². The third kappa shape index (κ3) is 11.3. The third-order valence-electron chi connectivity index (χ3n) is 12.7. The van der Waals surface area contributed by atoms with Gasteiger partial charge < -0.3 is 49.8 Å². The molecule has 5 rings (SSSR count). The number of ether oxygens (including phenoxy) is 5. The number of carboxylic acids is 1. The number of aromatic nitrogens is 3. The van der Waals surface area contributed by atoms with E-state index in [0.29, 0.717) is 56.7 Å². The first-order valence-corrected chi connectivity index (χ1v) is 21.4. The number of fused-ring (bicyclic) bond motifs is 1. The number of benzene rings is 1. The molecule has 0 aliphatic carbocycles. The Balaban J connectivity index is 1.41. The predicted molar refractivity (Wildman–Crippen MR) is 224 cm³/mol. The van der Waals surface area contributed by atoms with Gasteiger partial charge in [-0.05, 0) is 98.5 Å². The summed E-state index contributed by atoms with van der Waals surface area (Å²) in [6.07, 6.45) is -2.25.